The van der Waals surface area contributed by atoms with Gasteiger partial charge in [0.1, 0.15) is 0 Å². The molecule has 2 nitrogen and oxygen atoms in total. The Kier molecular flexibility index (Phi) is 7.33. The Morgan fingerprint density at radius 2 is 1.74 bits per heavy atom. The van der Waals surface area contributed by atoms with Gasteiger partial charge in [0.15, 0.2) is 0 Å². The van der Waals surface area contributed by atoms with Crippen LogP contribution in [0, 0.1) is 0 Å². The molecule has 4 aromatic rings. The Bertz CT molecular complexity index is 1420. The standard InChI is InChI=1S/C25H19NS.C4H8O.C2H6/c1-26-22-11-4-2-7-18(22)21-10-6-9-17(25(21)26)16-13-14-20-19-8-3-5-12-23(19)27-24(20)15-16;1-3-4(2)5;1-2/h2-11,13-15,23H,12H2,1H3;3,5H,1-2H3;1-2H3/b;4-3+;. The van der Waals surface area contributed by atoms with Crippen molar-refractivity contribution < 1.29 is 5.11 Å². The lowest BCUT2D eigenvalue weighted by Gasteiger charge is -2.11. The molecule has 0 fully saturated rings. The molecule has 1 atom stereocenters. The average Bonchev–Trinajstić information content (AvgIpc) is 3.41. The summed E-state index contributed by atoms with van der Waals surface area (Å²) in [4.78, 5) is 1.42. The fourth-order valence-corrected chi connectivity index (χ4v) is 5.99. The number of aliphatic hydroxyl groups is 1. The van der Waals surface area contributed by atoms with Crippen molar-refractivity contribution in [3.05, 3.63) is 96.3 Å². The molecule has 6 rings (SSSR count). The molecule has 3 heteroatoms. The first-order valence-electron chi connectivity index (χ1n) is 12.0. The van der Waals surface area contributed by atoms with Crippen molar-refractivity contribution in [2.45, 2.75) is 44.3 Å². The molecule has 2 aliphatic rings. The molecule has 1 unspecified atom stereocenters. The van der Waals surface area contributed by atoms with Gasteiger partial charge >= 0.3 is 0 Å². The van der Waals surface area contributed by atoms with Crippen molar-refractivity contribution in [2.75, 3.05) is 0 Å². The van der Waals surface area contributed by atoms with E-state index in [1.165, 1.54) is 49.0 Å². The predicted molar refractivity (Wildman–Crippen MR) is 151 cm³/mol. The molecule has 3 aromatic carbocycles. The van der Waals surface area contributed by atoms with E-state index in [-0.39, 0.29) is 0 Å². The summed E-state index contributed by atoms with van der Waals surface area (Å²) >= 11 is 2.02. The molecule has 1 aliphatic heterocycles. The van der Waals surface area contributed by atoms with Crippen molar-refractivity contribution in [3.63, 3.8) is 0 Å². The van der Waals surface area contributed by atoms with Gasteiger partial charge in [0, 0.05) is 39.0 Å². The Hall–Kier alpha value is -3.17. The number of hydrogen-bond donors (Lipinski definition) is 1. The molecule has 1 aliphatic carbocycles. The van der Waals surface area contributed by atoms with E-state index in [0.717, 1.165) is 6.42 Å². The highest BCUT2D eigenvalue weighted by atomic mass is 32.2. The van der Waals surface area contributed by atoms with E-state index in [1.54, 1.807) is 19.9 Å². The molecule has 1 N–H and O–H groups in total. The van der Waals surface area contributed by atoms with E-state index in [1.807, 2.05) is 25.6 Å². The van der Waals surface area contributed by atoms with Crippen molar-refractivity contribution in [2.24, 2.45) is 7.05 Å². The van der Waals surface area contributed by atoms with Gasteiger partial charge in [0.05, 0.1) is 11.3 Å². The van der Waals surface area contributed by atoms with E-state index in [0.29, 0.717) is 11.0 Å². The maximum absolute atomic E-state index is 8.22. The number of fused-ring (bicyclic) bond motifs is 6. The van der Waals surface area contributed by atoms with Gasteiger partial charge in [-0.15, -0.1) is 11.8 Å². The van der Waals surface area contributed by atoms with Gasteiger partial charge in [0.25, 0.3) is 0 Å². The van der Waals surface area contributed by atoms with Crippen molar-refractivity contribution in [3.8, 4) is 11.1 Å². The first kappa shape index (κ1) is 24.0. The molecule has 174 valence electrons. The molecule has 0 spiro atoms. The second-order valence-corrected chi connectivity index (χ2v) is 9.56. The minimum Gasteiger partial charge on any atom is -0.513 e. The number of thioether (sulfide) groups is 1. The molecule has 0 amide bonds. The maximum atomic E-state index is 8.22. The normalized spacial score (nSPS) is 16.2. The maximum Gasteiger partial charge on any atom is 0.0849 e. The van der Waals surface area contributed by atoms with E-state index in [4.69, 9.17) is 5.11 Å². The summed E-state index contributed by atoms with van der Waals surface area (Å²) in [6.45, 7) is 7.43. The molecule has 2 heterocycles. The summed E-state index contributed by atoms with van der Waals surface area (Å²) in [5.74, 6) is 0.380. The van der Waals surface area contributed by atoms with Crippen LogP contribution in [0.15, 0.2) is 95.6 Å². The minimum absolute atomic E-state index is 0.380. The minimum atomic E-state index is 0.380. The Labute approximate surface area is 207 Å². The third-order valence-corrected chi connectivity index (χ3v) is 7.65. The zero-order valence-electron chi connectivity index (χ0n) is 20.7. The molecule has 0 saturated heterocycles. The van der Waals surface area contributed by atoms with Gasteiger partial charge in [-0.3, -0.25) is 0 Å². The number of hydrogen-bond acceptors (Lipinski definition) is 2. The van der Waals surface area contributed by atoms with Crippen molar-refractivity contribution in [1.82, 2.24) is 4.57 Å². The van der Waals surface area contributed by atoms with Gasteiger partial charge < -0.3 is 9.67 Å². The van der Waals surface area contributed by atoms with Crippen LogP contribution in [-0.4, -0.2) is 14.9 Å². The number of nitrogens with zero attached hydrogens (tertiary/aromatic N) is 1. The van der Waals surface area contributed by atoms with Crippen LogP contribution < -0.4 is 0 Å². The number of aliphatic hydroxyl groups excluding tert-OH is 1. The summed E-state index contributed by atoms with van der Waals surface area (Å²) in [5, 5.41) is 11.5. The number of rotatable bonds is 1. The van der Waals surface area contributed by atoms with Gasteiger partial charge in [-0.1, -0.05) is 86.7 Å². The van der Waals surface area contributed by atoms with Gasteiger partial charge in [-0.2, -0.15) is 0 Å². The average molecular weight is 468 g/mol. The molecule has 0 radical (unpaired) electrons. The smallest absolute Gasteiger partial charge is 0.0849 e. The highest BCUT2D eigenvalue weighted by Gasteiger charge is 2.28. The van der Waals surface area contributed by atoms with Crippen LogP contribution >= 0.6 is 11.8 Å². The van der Waals surface area contributed by atoms with E-state index in [2.05, 4.69) is 90.5 Å². The third-order valence-electron chi connectivity index (χ3n) is 6.33. The lowest BCUT2D eigenvalue weighted by atomic mass is 9.95. The first-order chi connectivity index (χ1) is 16.6. The molecular weight excluding hydrogens is 434 g/mol. The fourth-order valence-electron chi connectivity index (χ4n) is 4.63. The monoisotopic (exact) mass is 467 g/mol. The third kappa shape index (κ3) is 4.33. The van der Waals surface area contributed by atoms with E-state index >= 15 is 0 Å². The highest BCUT2D eigenvalue weighted by molar-refractivity contribution is 8.00. The zero-order chi connectivity index (χ0) is 24.2. The molecule has 0 bridgehead atoms. The summed E-state index contributed by atoms with van der Waals surface area (Å²) in [6.07, 6.45) is 9.55. The van der Waals surface area contributed by atoms with Crippen LogP contribution in [0.4, 0.5) is 0 Å². The lowest BCUT2D eigenvalue weighted by molar-refractivity contribution is 0.413. The quantitative estimate of drug-likeness (QED) is 0.282. The fraction of sp³-hybridized carbons (Fsp3) is 0.226. The summed E-state index contributed by atoms with van der Waals surface area (Å²) in [6, 6.07) is 22.4. The van der Waals surface area contributed by atoms with Crippen LogP contribution in [0.1, 0.15) is 39.7 Å². The topological polar surface area (TPSA) is 25.2 Å². The van der Waals surface area contributed by atoms with Crippen LogP contribution in [0.3, 0.4) is 0 Å². The second-order valence-electron chi connectivity index (χ2n) is 8.31. The van der Waals surface area contributed by atoms with Gasteiger partial charge in [-0.05, 0) is 49.1 Å². The summed E-state index contributed by atoms with van der Waals surface area (Å²) in [5.41, 5.74) is 8.15. The van der Waals surface area contributed by atoms with Gasteiger partial charge in [-0.25, -0.2) is 0 Å². The van der Waals surface area contributed by atoms with Crippen LogP contribution in [-0.2, 0) is 7.05 Å². The number of allylic oxidation sites excluding steroid dienone is 5. The van der Waals surface area contributed by atoms with Crippen molar-refractivity contribution >= 4 is 39.1 Å². The second kappa shape index (κ2) is 10.4. The Morgan fingerprint density at radius 3 is 2.50 bits per heavy atom. The lowest BCUT2D eigenvalue weighted by Crippen LogP contribution is -2.00. The molecular formula is C31H33NOS. The highest BCUT2D eigenvalue weighted by Crippen LogP contribution is 2.49. The number of benzene rings is 3. The van der Waals surface area contributed by atoms with E-state index in [9.17, 15) is 0 Å². The van der Waals surface area contributed by atoms with Crippen LogP contribution in [0.25, 0.3) is 38.5 Å². The Balaban J connectivity index is 0.000000351. The summed E-state index contributed by atoms with van der Waals surface area (Å²) in [7, 11) is 2.18. The predicted octanol–water partition coefficient (Wildman–Crippen LogP) is 9.31. The zero-order valence-corrected chi connectivity index (χ0v) is 21.5. The number of aromatic nitrogens is 1. The number of aryl methyl sites for hydroxylation is 1. The van der Waals surface area contributed by atoms with E-state index < -0.39 is 0 Å². The van der Waals surface area contributed by atoms with Crippen LogP contribution in [0.2, 0.25) is 0 Å². The first-order valence-corrected chi connectivity index (χ1v) is 12.9. The largest absolute Gasteiger partial charge is 0.513 e. The van der Waals surface area contributed by atoms with Crippen molar-refractivity contribution in [1.29, 1.82) is 0 Å². The SMILES string of the molecule is C/C=C(\C)O.CC.Cn1c2ccccc2c2cccc(-c3ccc4c(c3)SC3CC=CC=C43)c21. The summed E-state index contributed by atoms with van der Waals surface area (Å²) < 4.78 is 2.34. The van der Waals surface area contributed by atoms with Crippen LogP contribution in [0.5, 0.6) is 0 Å². The number of para-hydroxylation sites is 2. The Morgan fingerprint density at radius 1 is 1.00 bits per heavy atom. The van der Waals surface area contributed by atoms with Gasteiger partial charge in [0.2, 0.25) is 0 Å². The molecule has 34 heavy (non-hydrogen) atoms. The molecule has 0 saturated carbocycles. The molecule has 1 aromatic heterocycles.